The molecule has 6 rings (SSSR count). The van der Waals surface area contributed by atoms with Gasteiger partial charge in [-0.1, -0.05) is 109 Å². The zero-order valence-corrected chi connectivity index (χ0v) is 26.7. The molecule has 2 aliphatic rings. The summed E-state index contributed by atoms with van der Waals surface area (Å²) in [5.41, 5.74) is 4.21. The van der Waals surface area contributed by atoms with Crippen molar-refractivity contribution in [1.29, 1.82) is 0 Å². The van der Waals surface area contributed by atoms with E-state index in [0.717, 1.165) is 73.6 Å². The van der Waals surface area contributed by atoms with Crippen molar-refractivity contribution >= 4 is 34.6 Å². The maximum absolute atomic E-state index is 13.2. The Balaban J connectivity index is 1.07. The SMILES string of the molecule is O=S(OC1CCCCC1Oc1ccc(-c2ccccc2)cc1Cl)OC1CCCCC1Oc1ccc(-c2ccccc2)cc1Cl. The lowest BCUT2D eigenvalue weighted by molar-refractivity contribution is -0.00305. The minimum atomic E-state index is -1.97. The Hall–Kier alpha value is -2.87. The molecule has 0 saturated heterocycles. The lowest BCUT2D eigenvalue weighted by Gasteiger charge is -2.33. The molecule has 0 N–H and O–H groups in total. The van der Waals surface area contributed by atoms with Gasteiger partial charge in [-0.05, 0) is 85.0 Å². The molecule has 0 aliphatic heterocycles. The summed E-state index contributed by atoms with van der Waals surface area (Å²) in [5, 5.41) is 1.07. The summed E-state index contributed by atoms with van der Waals surface area (Å²) < 4.78 is 37.9. The van der Waals surface area contributed by atoms with Gasteiger partial charge in [-0.15, -0.1) is 0 Å². The van der Waals surface area contributed by atoms with E-state index in [0.29, 0.717) is 21.5 Å². The molecule has 0 bridgehead atoms. The lowest BCUT2D eigenvalue weighted by Crippen LogP contribution is -2.40. The van der Waals surface area contributed by atoms with Crippen LogP contribution in [0, 0.1) is 0 Å². The second kappa shape index (κ2) is 14.9. The van der Waals surface area contributed by atoms with Gasteiger partial charge in [0.2, 0.25) is 0 Å². The Morgan fingerprint density at radius 1 is 0.500 bits per heavy atom. The van der Waals surface area contributed by atoms with Crippen molar-refractivity contribution in [2.75, 3.05) is 0 Å². The van der Waals surface area contributed by atoms with Crippen LogP contribution in [0.2, 0.25) is 10.0 Å². The molecule has 4 aromatic rings. The van der Waals surface area contributed by atoms with E-state index < -0.39 is 11.4 Å². The summed E-state index contributed by atoms with van der Waals surface area (Å²) in [6, 6.07) is 31.8. The number of ether oxygens (including phenoxy) is 2. The maximum Gasteiger partial charge on any atom is 0.305 e. The first-order valence-electron chi connectivity index (χ1n) is 15.3. The number of halogens is 2. The Morgan fingerprint density at radius 3 is 1.27 bits per heavy atom. The highest BCUT2D eigenvalue weighted by Gasteiger charge is 2.34. The zero-order chi connectivity index (χ0) is 30.3. The van der Waals surface area contributed by atoms with Gasteiger partial charge in [0.25, 0.3) is 0 Å². The number of hydrogen-bond donors (Lipinski definition) is 0. The van der Waals surface area contributed by atoms with Gasteiger partial charge in [0.15, 0.2) is 0 Å². The molecule has 4 aromatic carbocycles. The Bertz CT molecular complexity index is 1440. The monoisotopic (exact) mass is 650 g/mol. The van der Waals surface area contributed by atoms with Crippen molar-refractivity contribution < 1.29 is 22.0 Å². The van der Waals surface area contributed by atoms with Crippen molar-refractivity contribution in [2.45, 2.75) is 75.8 Å². The van der Waals surface area contributed by atoms with Gasteiger partial charge < -0.3 is 9.47 Å². The van der Waals surface area contributed by atoms with Crippen LogP contribution >= 0.6 is 23.2 Å². The van der Waals surface area contributed by atoms with E-state index >= 15 is 0 Å². The Morgan fingerprint density at radius 2 is 0.886 bits per heavy atom. The van der Waals surface area contributed by atoms with E-state index in [9.17, 15) is 4.21 Å². The molecule has 5 nitrogen and oxygen atoms in total. The van der Waals surface area contributed by atoms with Crippen molar-refractivity contribution in [3.8, 4) is 33.8 Å². The van der Waals surface area contributed by atoms with E-state index in [4.69, 9.17) is 41.0 Å². The second-order valence-corrected chi connectivity index (χ2v) is 13.0. The molecule has 44 heavy (non-hydrogen) atoms. The predicted molar refractivity (Wildman–Crippen MR) is 177 cm³/mol. The van der Waals surface area contributed by atoms with Crippen LogP contribution in [-0.2, 0) is 19.7 Å². The van der Waals surface area contributed by atoms with Crippen LogP contribution in [0.5, 0.6) is 11.5 Å². The summed E-state index contributed by atoms with van der Waals surface area (Å²) in [5.74, 6) is 1.18. The first kappa shape index (κ1) is 31.1. The summed E-state index contributed by atoms with van der Waals surface area (Å²) in [4.78, 5) is 0. The molecule has 0 radical (unpaired) electrons. The summed E-state index contributed by atoms with van der Waals surface area (Å²) in [7, 11) is 0. The molecular weight excluding hydrogens is 615 g/mol. The molecule has 4 unspecified atom stereocenters. The lowest BCUT2D eigenvalue weighted by atomic mass is 9.95. The minimum Gasteiger partial charge on any atom is -0.486 e. The highest BCUT2D eigenvalue weighted by Crippen LogP contribution is 2.36. The van der Waals surface area contributed by atoms with Crippen molar-refractivity contribution in [1.82, 2.24) is 0 Å². The summed E-state index contributed by atoms with van der Waals surface area (Å²) >= 11 is 11.3. The van der Waals surface area contributed by atoms with Crippen molar-refractivity contribution in [3.63, 3.8) is 0 Å². The molecule has 4 atom stereocenters. The van der Waals surface area contributed by atoms with Crippen LogP contribution in [0.15, 0.2) is 97.1 Å². The van der Waals surface area contributed by atoms with Gasteiger partial charge >= 0.3 is 11.4 Å². The molecule has 2 aliphatic carbocycles. The Labute approximate surface area is 272 Å². The third kappa shape index (κ3) is 7.85. The molecule has 0 spiro atoms. The summed E-state index contributed by atoms with van der Waals surface area (Å²) in [6.45, 7) is 0. The normalized spacial score (nSPS) is 22.7. The fourth-order valence-corrected chi connectivity index (χ4v) is 7.32. The van der Waals surface area contributed by atoms with Crippen LogP contribution in [0.4, 0.5) is 0 Å². The fraction of sp³-hybridized carbons (Fsp3) is 0.333. The third-order valence-electron chi connectivity index (χ3n) is 8.32. The minimum absolute atomic E-state index is 0.281. The smallest absolute Gasteiger partial charge is 0.305 e. The molecular formula is C36H36Cl2O5S. The van der Waals surface area contributed by atoms with Crippen LogP contribution in [-0.4, -0.2) is 28.6 Å². The molecule has 0 aromatic heterocycles. The van der Waals surface area contributed by atoms with E-state index in [-0.39, 0.29) is 24.4 Å². The number of hydrogen-bond acceptors (Lipinski definition) is 5. The van der Waals surface area contributed by atoms with Crippen LogP contribution in [0.1, 0.15) is 51.4 Å². The number of rotatable bonds is 10. The van der Waals surface area contributed by atoms with E-state index in [1.165, 1.54) is 0 Å². The van der Waals surface area contributed by atoms with Crippen LogP contribution in [0.25, 0.3) is 22.3 Å². The van der Waals surface area contributed by atoms with E-state index in [2.05, 4.69) is 0 Å². The van der Waals surface area contributed by atoms with Crippen LogP contribution in [0.3, 0.4) is 0 Å². The topological polar surface area (TPSA) is 54.0 Å². The fourth-order valence-electron chi connectivity index (χ4n) is 5.98. The predicted octanol–water partition coefficient (Wildman–Crippen LogP) is 10.0. The van der Waals surface area contributed by atoms with Crippen LogP contribution < -0.4 is 9.47 Å². The van der Waals surface area contributed by atoms with Gasteiger partial charge in [-0.2, -0.15) is 4.21 Å². The standard InChI is InChI=1S/C36H36Cl2O5S/c37-29-23-27(25-11-3-1-4-12-25)19-21-31(29)40-33-15-7-9-17-35(33)42-44(39)43-36-18-10-8-16-34(36)41-32-22-20-28(24-30(32)38)26-13-5-2-6-14-26/h1-6,11-14,19-24,33-36H,7-10,15-18H2. The van der Waals surface area contributed by atoms with Gasteiger partial charge in [-0.25, -0.2) is 0 Å². The van der Waals surface area contributed by atoms with Gasteiger partial charge in [-0.3, -0.25) is 8.37 Å². The molecule has 230 valence electrons. The average molecular weight is 652 g/mol. The van der Waals surface area contributed by atoms with Gasteiger partial charge in [0.1, 0.15) is 35.9 Å². The van der Waals surface area contributed by atoms with Crippen molar-refractivity contribution in [3.05, 3.63) is 107 Å². The highest BCUT2D eigenvalue weighted by molar-refractivity contribution is 7.75. The van der Waals surface area contributed by atoms with Gasteiger partial charge in [0, 0.05) is 0 Å². The third-order valence-corrected chi connectivity index (χ3v) is 9.72. The van der Waals surface area contributed by atoms with E-state index in [1.54, 1.807) is 0 Å². The second-order valence-electron chi connectivity index (χ2n) is 11.4. The molecule has 0 heterocycles. The number of benzene rings is 4. The molecule has 2 saturated carbocycles. The molecule has 0 amide bonds. The summed E-state index contributed by atoms with van der Waals surface area (Å²) in [6.07, 6.45) is 5.64. The van der Waals surface area contributed by atoms with Gasteiger partial charge in [0.05, 0.1) is 10.0 Å². The van der Waals surface area contributed by atoms with Crippen molar-refractivity contribution in [2.24, 2.45) is 0 Å². The highest BCUT2D eigenvalue weighted by atomic mass is 35.5. The zero-order valence-electron chi connectivity index (χ0n) is 24.4. The first-order valence-corrected chi connectivity index (χ1v) is 17.1. The quantitative estimate of drug-likeness (QED) is 0.171. The molecule has 8 heteroatoms. The first-order chi connectivity index (χ1) is 21.5. The largest absolute Gasteiger partial charge is 0.486 e. The van der Waals surface area contributed by atoms with E-state index in [1.807, 2.05) is 97.1 Å². The maximum atomic E-state index is 13.2. The average Bonchev–Trinajstić information content (AvgIpc) is 3.05. The molecule has 2 fully saturated rings. The Kier molecular flexibility index (Phi) is 10.6.